The van der Waals surface area contributed by atoms with Crippen molar-refractivity contribution in [3.8, 4) is 0 Å². The fourth-order valence-electron chi connectivity index (χ4n) is 3.21. The van der Waals surface area contributed by atoms with Gasteiger partial charge in [0.2, 0.25) is 5.91 Å². The van der Waals surface area contributed by atoms with Crippen LogP contribution < -0.4 is 5.32 Å². The maximum absolute atomic E-state index is 12.2. The fraction of sp³-hybridized carbons (Fsp3) is 0.421. The molecule has 126 valence electrons. The Morgan fingerprint density at radius 1 is 1.25 bits per heavy atom. The van der Waals surface area contributed by atoms with Gasteiger partial charge < -0.3 is 5.32 Å². The maximum atomic E-state index is 12.2. The summed E-state index contributed by atoms with van der Waals surface area (Å²) in [6.07, 6.45) is 6.11. The molecule has 1 N–H and O–H groups in total. The van der Waals surface area contributed by atoms with E-state index in [0.29, 0.717) is 18.8 Å². The molecule has 24 heavy (non-hydrogen) atoms. The monoisotopic (exact) mass is 324 g/mol. The van der Waals surface area contributed by atoms with Gasteiger partial charge >= 0.3 is 0 Å². The van der Waals surface area contributed by atoms with E-state index in [-0.39, 0.29) is 11.9 Å². The highest BCUT2D eigenvalue weighted by molar-refractivity contribution is 5.76. The molecule has 0 bridgehead atoms. The molecule has 1 aliphatic heterocycles. The van der Waals surface area contributed by atoms with E-state index in [0.717, 1.165) is 25.3 Å². The van der Waals surface area contributed by atoms with E-state index in [1.807, 2.05) is 6.07 Å². The summed E-state index contributed by atoms with van der Waals surface area (Å²) in [7, 11) is 0. The van der Waals surface area contributed by atoms with E-state index >= 15 is 0 Å². The molecule has 5 heteroatoms. The van der Waals surface area contributed by atoms with E-state index < -0.39 is 0 Å². The topological polar surface area (TPSA) is 58.1 Å². The van der Waals surface area contributed by atoms with E-state index in [9.17, 15) is 4.79 Å². The van der Waals surface area contributed by atoms with Crippen molar-refractivity contribution in [1.29, 1.82) is 0 Å². The minimum atomic E-state index is 0.0964. The van der Waals surface area contributed by atoms with Crippen LogP contribution in [0.3, 0.4) is 0 Å². The van der Waals surface area contributed by atoms with Crippen LogP contribution in [0.2, 0.25) is 0 Å². The van der Waals surface area contributed by atoms with Crippen molar-refractivity contribution in [2.45, 2.75) is 32.4 Å². The van der Waals surface area contributed by atoms with Gasteiger partial charge in [0.05, 0.1) is 5.69 Å². The Bertz CT molecular complexity index is 647. The number of benzene rings is 1. The van der Waals surface area contributed by atoms with Crippen LogP contribution in [-0.2, 0) is 17.8 Å². The predicted molar refractivity (Wildman–Crippen MR) is 93.2 cm³/mol. The highest BCUT2D eigenvalue weighted by Gasteiger charge is 2.30. The van der Waals surface area contributed by atoms with Crippen LogP contribution in [-0.4, -0.2) is 39.9 Å². The first-order chi connectivity index (χ1) is 11.7. The summed E-state index contributed by atoms with van der Waals surface area (Å²) >= 11 is 0. The third kappa shape index (κ3) is 4.61. The summed E-state index contributed by atoms with van der Waals surface area (Å²) in [5.41, 5.74) is 2.18. The van der Waals surface area contributed by atoms with Gasteiger partial charge in [-0.25, -0.2) is 0 Å². The Hall–Kier alpha value is -2.27. The second-order valence-corrected chi connectivity index (χ2v) is 6.53. The zero-order valence-electron chi connectivity index (χ0n) is 14.1. The van der Waals surface area contributed by atoms with Gasteiger partial charge in [0, 0.05) is 50.7 Å². The SMILES string of the molecule is C[C@@H]1CN(Cc2ccccc2)C[C@@H]1NC(=O)CCc1cnccn1. The van der Waals surface area contributed by atoms with Crippen LogP contribution in [0.15, 0.2) is 48.9 Å². The van der Waals surface area contributed by atoms with Crippen molar-refractivity contribution in [3.05, 3.63) is 60.2 Å². The molecule has 5 nitrogen and oxygen atoms in total. The molecule has 2 heterocycles. The Morgan fingerprint density at radius 3 is 2.83 bits per heavy atom. The first-order valence-corrected chi connectivity index (χ1v) is 8.51. The number of nitrogens with zero attached hydrogens (tertiary/aromatic N) is 3. The third-order valence-electron chi connectivity index (χ3n) is 4.51. The normalized spacial score (nSPS) is 20.9. The first kappa shape index (κ1) is 16.6. The molecule has 2 aromatic rings. The molecule has 0 saturated carbocycles. The van der Waals surface area contributed by atoms with Crippen molar-refractivity contribution in [2.75, 3.05) is 13.1 Å². The summed E-state index contributed by atoms with van der Waals surface area (Å²) in [5, 5.41) is 3.19. The van der Waals surface area contributed by atoms with Crippen molar-refractivity contribution in [1.82, 2.24) is 20.2 Å². The van der Waals surface area contributed by atoms with Crippen molar-refractivity contribution < 1.29 is 4.79 Å². The molecule has 1 aliphatic rings. The summed E-state index contributed by atoms with van der Waals surface area (Å²) in [6, 6.07) is 10.7. The molecule has 0 spiro atoms. The molecular weight excluding hydrogens is 300 g/mol. The molecule has 1 aromatic heterocycles. The van der Waals surface area contributed by atoms with Crippen LogP contribution in [0.1, 0.15) is 24.6 Å². The molecule has 0 unspecified atom stereocenters. The Morgan fingerprint density at radius 2 is 2.08 bits per heavy atom. The molecule has 1 fully saturated rings. The van der Waals surface area contributed by atoms with Crippen LogP contribution in [0.25, 0.3) is 0 Å². The largest absolute Gasteiger partial charge is 0.352 e. The standard InChI is InChI=1S/C19H24N4O/c1-15-12-23(13-16-5-3-2-4-6-16)14-18(15)22-19(24)8-7-17-11-20-9-10-21-17/h2-6,9-11,15,18H,7-8,12-14H2,1H3,(H,22,24)/t15-,18+/m1/s1. The molecule has 0 radical (unpaired) electrons. The van der Waals surface area contributed by atoms with Crippen LogP contribution in [0.4, 0.5) is 0 Å². The molecule has 1 aromatic carbocycles. The number of carbonyl (C=O) groups is 1. The number of hydrogen-bond donors (Lipinski definition) is 1. The third-order valence-corrected chi connectivity index (χ3v) is 4.51. The Balaban J connectivity index is 1.46. The number of nitrogens with one attached hydrogen (secondary N) is 1. The summed E-state index contributed by atoms with van der Waals surface area (Å²) in [4.78, 5) is 22.8. The van der Waals surface area contributed by atoms with Gasteiger partial charge in [-0.1, -0.05) is 37.3 Å². The number of likely N-dealkylation sites (tertiary alicyclic amines) is 1. The summed E-state index contributed by atoms with van der Waals surface area (Å²) in [6.45, 7) is 5.08. The Labute approximate surface area is 143 Å². The van der Waals surface area contributed by atoms with E-state index in [2.05, 4.69) is 51.4 Å². The maximum Gasteiger partial charge on any atom is 0.220 e. The number of aryl methyl sites for hydroxylation is 1. The zero-order chi connectivity index (χ0) is 16.8. The molecule has 1 amide bonds. The van der Waals surface area contributed by atoms with Crippen molar-refractivity contribution in [3.63, 3.8) is 0 Å². The zero-order valence-corrected chi connectivity index (χ0v) is 14.1. The lowest BCUT2D eigenvalue weighted by Gasteiger charge is -2.17. The van der Waals surface area contributed by atoms with Crippen LogP contribution in [0.5, 0.6) is 0 Å². The number of amides is 1. The van der Waals surface area contributed by atoms with Gasteiger partial charge in [-0.3, -0.25) is 19.7 Å². The Kier molecular flexibility index (Phi) is 5.54. The van der Waals surface area contributed by atoms with Gasteiger partial charge in [0.1, 0.15) is 0 Å². The number of hydrogen-bond acceptors (Lipinski definition) is 4. The summed E-state index contributed by atoms with van der Waals surface area (Å²) < 4.78 is 0. The fourth-order valence-corrected chi connectivity index (χ4v) is 3.21. The van der Waals surface area contributed by atoms with Gasteiger partial charge in [-0.2, -0.15) is 0 Å². The molecule has 2 atom stereocenters. The minimum absolute atomic E-state index is 0.0964. The number of carbonyl (C=O) groups excluding carboxylic acids is 1. The van der Waals surface area contributed by atoms with E-state index in [4.69, 9.17) is 0 Å². The smallest absolute Gasteiger partial charge is 0.220 e. The second kappa shape index (κ2) is 8.02. The molecule has 0 aliphatic carbocycles. The first-order valence-electron chi connectivity index (χ1n) is 8.51. The predicted octanol–water partition coefficient (Wildman–Crippen LogP) is 2.05. The van der Waals surface area contributed by atoms with Crippen LogP contribution >= 0.6 is 0 Å². The second-order valence-electron chi connectivity index (χ2n) is 6.53. The summed E-state index contributed by atoms with van der Waals surface area (Å²) in [5.74, 6) is 0.563. The van der Waals surface area contributed by atoms with Gasteiger partial charge in [-0.05, 0) is 17.9 Å². The molecule has 3 rings (SSSR count). The van der Waals surface area contributed by atoms with E-state index in [1.165, 1.54) is 5.56 Å². The van der Waals surface area contributed by atoms with Gasteiger partial charge in [0.15, 0.2) is 0 Å². The lowest BCUT2D eigenvalue weighted by atomic mass is 10.1. The van der Waals surface area contributed by atoms with Gasteiger partial charge in [-0.15, -0.1) is 0 Å². The minimum Gasteiger partial charge on any atom is -0.352 e. The van der Waals surface area contributed by atoms with Crippen molar-refractivity contribution in [2.24, 2.45) is 5.92 Å². The van der Waals surface area contributed by atoms with E-state index in [1.54, 1.807) is 18.6 Å². The quantitative estimate of drug-likeness (QED) is 0.883. The molecule has 1 saturated heterocycles. The van der Waals surface area contributed by atoms with Crippen molar-refractivity contribution >= 4 is 5.91 Å². The number of rotatable bonds is 6. The van der Waals surface area contributed by atoms with Gasteiger partial charge in [0.25, 0.3) is 0 Å². The highest BCUT2D eigenvalue weighted by atomic mass is 16.1. The molecular formula is C19H24N4O. The lowest BCUT2D eigenvalue weighted by molar-refractivity contribution is -0.121. The average Bonchev–Trinajstić information content (AvgIpc) is 2.94. The highest BCUT2D eigenvalue weighted by Crippen LogP contribution is 2.19. The average molecular weight is 324 g/mol. The number of aromatic nitrogens is 2. The lowest BCUT2D eigenvalue weighted by Crippen LogP contribution is -2.39. The van der Waals surface area contributed by atoms with Crippen LogP contribution in [0, 0.1) is 5.92 Å².